The van der Waals surface area contributed by atoms with Crippen LogP contribution in [0.1, 0.15) is 284 Å². The number of unbranched alkanes of at least 4 members (excludes halogenated alkanes) is 31. The van der Waals surface area contributed by atoms with Crippen LogP contribution in [0.3, 0.4) is 0 Å². The van der Waals surface area contributed by atoms with E-state index >= 15 is 0 Å². The SMILES string of the molecule is CCCCC/C=C\C/C=C\C/C=C\C/C=C\CCCCCCCCCCCC(=O)OC1C(OCC(NC(=O)C(O)CCCCCCCC/C=C\CCCCCC)C(O)/C=C/CCCCCCCCCCC)OC(CO)C(O)C1O. The lowest BCUT2D eigenvalue weighted by molar-refractivity contribution is -0.305. The number of esters is 1. The topological polar surface area (TPSA) is 175 Å². The molecule has 458 valence electrons. The second kappa shape index (κ2) is 55.6. The molecule has 11 heteroatoms. The molecule has 0 aromatic carbocycles. The van der Waals surface area contributed by atoms with Gasteiger partial charge >= 0.3 is 5.97 Å². The lowest BCUT2D eigenvalue weighted by Gasteiger charge is -2.41. The zero-order chi connectivity index (χ0) is 57.5. The monoisotopic (exact) mass is 1110 g/mol. The highest BCUT2D eigenvalue weighted by molar-refractivity contribution is 5.80. The van der Waals surface area contributed by atoms with E-state index in [0.29, 0.717) is 12.8 Å². The molecule has 1 amide bonds. The summed E-state index contributed by atoms with van der Waals surface area (Å²) in [7, 11) is 0. The Bertz CT molecular complexity index is 1560. The molecule has 0 aromatic rings. The highest BCUT2D eigenvalue weighted by Crippen LogP contribution is 2.26. The summed E-state index contributed by atoms with van der Waals surface area (Å²) >= 11 is 0. The first-order valence-electron chi connectivity index (χ1n) is 32.7. The number of allylic oxidation sites excluding steroid dienone is 11. The van der Waals surface area contributed by atoms with Gasteiger partial charge in [0.2, 0.25) is 5.91 Å². The van der Waals surface area contributed by atoms with Crippen LogP contribution in [0.5, 0.6) is 0 Å². The summed E-state index contributed by atoms with van der Waals surface area (Å²) in [5, 5.41) is 57.0. The fraction of sp³-hybridized carbons (Fsp3) is 0.794. The van der Waals surface area contributed by atoms with Crippen LogP contribution < -0.4 is 5.32 Å². The molecule has 0 aliphatic carbocycles. The van der Waals surface area contributed by atoms with Gasteiger partial charge in [0.15, 0.2) is 12.4 Å². The third-order valence-corrected chi connectivity index (χ3v) is 15.1. The Morgan fingerprint density at radius 1 is 0.494 bits per heavy atom. The van der Waals surface area contributed by atoms with Crippen LogP contribution in [-0.2, 0) is 23.8 Å². The molecule has 11 nitrogen and oxygen atoms in total. The van der Waals surface area contributed by atoms with E-state index in [-0.39, 0.29) is 19.4 Å². The van der Waals surface area contributed by atoms with Gasteiger partial charge in [-0.3, -0.25) is 9.59 Å². The predicted octanol–water partition coefficient (Wildman–Crippen LogP) is 16.0. The zero-order valence-electron chi connectivity index (χ0n) is 50.7. The van der Waals surface area contributed by atoms with Crippen molar-refractivity contribution in [2.75, 3.05) is 13.2 Å². The first-order valence-corrected chi connectivity index (χ1v) is 32.7. The Morgan fingerprint density at radius 2 is 0.873 bits per heavy atom. The van der Waals surface area contributed by atoms with Crippen molar-refractivity contribution in [3.8, 4) is 0 Å². The molecule has 0 aromatic heterocycles. The minimum atomic E-state index is -1.62. The number of carbonyl (C=O) groups excluding carboxylic acids is 2. The number of hydrogen-bond acceptors (Lipinski definition) is 10. The van der Waals surface area contributed by atoms with Crippen LogP contribution in [0.2, 0.25) is 0 Å². The molecule has 1 rings (SSSR count). The van der Waals surface area contributed by atoms with Crippen molar-refractivity contribution in [3.05, 3.63) is 72.9 Å². The van der Waals surface area contributed by atoms with E-state index in [1.807, 2.05) is 6.08 Å². The van der Waals surface area contributed by atoms with E-state index in [2.05, 4.69) is 86.8 Å². The molecule has 1 aliphatic heterocycles. The van der Waals surface area contributed by atoms with E-state index in [1.165, 1.54) is 135 Å². The normalized spacial score (nSPS) is 19.3. The Kier molecular flexibility index (Phi) is 52.2. The molecule has 0 bridgehead atoms. The molecule has 79 heavy (non-hydrogen) atoms. The molecule has 8 atom stereocenters. The van der Waals surface area contributed by atoms with Crippen LogP contribution in [0.25, 0.3) is 0 Å². The standard InChI is InChI=1S/C68H121NO10/c1-4-7-10-13-16-19-22-24-26-27-28-29-30-31-32-33-34-35-36-38-41-44-47-50-53-56-63(73)79-66-65(75)64(74)62(57-70)78-68(66)77-58-59(60(71)54-51-48-45-42-39-21-18-15-12-9-6-3)69-67(76)61(72)55-52-49-46-43-40-37-25-23-20-17-14-11-8-5-2/h16,19-20,23-24,26,28-29,31-32,51,54,59-62,64-66,68,70-72,74-75H,4-15,17-18,21-22,25,27,30,33-50,52-53,55-58H2,1-3H3,(H,69,76)/b19-16-,23-20-,26-24-,29-28-,32-31-,54-51+. The quantitative estimate of drug-likeness (QED) is 0.0195. The van der Waals surface area contributed by atoms with Crippen LogP contribution in [0.4, 0.5) is 0 Å². The Morgan fingerprint density at radius 3 is 1.35 bits per heavy atom. The van der Waals surface area contributed by atoms with Gasteiger partial charge in [-0.2, -0.15) is 0 Å². The van der Waals surface area contributed by atoms with Gasteiger partial charge in [-0.25, -0.2) is 0 Å². The molecule has 1 fully saturated rings. The Hall–Kier alpha value is -2.90. The molecule has 0 saturated carbocycles. The van der Waals surface area contributed by atoms with Crippen LogP contribution in [0.15, 0.2) is 72.9 Å². The summed E-state index contributed by atoms with van der Waals surface area (Å²) in [6, 6.07) is -1.03. The first-order chi connectivity index (χ1) is 38.7. The fourth-order valence-corrected chi connectivity index (χ4v) is 9.86. The third kappa shape index (κ3) is 43.5. The fourth-order valence-electron chi connectivity index (χ4n) is 9.86. The van der Waals surface area contributed by atoms with Gasteiger partial charge in [-0.05, 0) is 96.3 Å². The van der Waals surface area contributed by atoms with E-state index in [0.717, 1.165) is 103 Å². The van der Waals surface area contributed by atoms with Crippen molar-refractivity contribution < 1.29 is 49.3 Å². The van der Waals surface area contributed by atoms with Crippen molar-refractivity contribution in [3.63, 3.8) is 0 Å². The predicted molar refractivity (Wildman–Crippen MR) is 329 cm³/mol. The lowest BCUT2D eigenvalue weighted by Crippen LogP contribution is -2.61. The molecule has 1 saturated heterocycles. The van der Waals surface area contributed by atoms with Crippen LogP contribution >= 0.6 is 0 Å². The number of amides is 1. The average Bonchev–Trinajstić information content (AvgIpc) is 3.47. The summed E-state index contributed by atoms with van der Waals surface area (Å²) < 4.78 is 17.6. The van der Waals surface area contributed by atoms with Gasteiger partial charge in [-0.1, -0.05) is 254 Å². The minimum absolute atomic E-state index is 0.114. The lowest BCUT2D eigenvalue weighted by atomic mass is 9.99. The van der Waals surface area contributed by atoms with Crippen molar-refractivity contribution in [2.45, 2.75) is 333 Å². The minimum Gasteiger partial charge on any atom is -0.454 e. The van der Waals surface area contributed by atoms with Gasteiger partial charge in [0.1, 0.15) is 24.4 Å². The second-order valence-corrected chi connectivity index (χ2v) is 22.5. The maximum absolute atomic E-state index is 13.4. The van der Waals surface area contributed by atoms with E-state index < -0.39 is 67.4 Å². The number of aliphatic hydroxyl groups is 5. The zero-order valence-corrected chi connectivity index (χ0v) is 50.7. The van der Waals surface area contributed by atoms with Gasteiger partial charge in [-0.15, -0.1) is 0 Å². The number of rotatable bonds is 55. The maximum Gasteiger partial charge on any atom is 0.306 e. The first kappa shape index (κ1) is 74.1. The molecule has 6 N–H and O–H groups in total. The van der Waals surface area contributed by atoms with E-state index in [4.69, 9.17) is 14.2 Å². The summed E-state index contributed by atoms with van der Waals surface area (Å²) in [6.45, 7) is 5.74. The molecular formula is C68H121NO10. The molecule has 0 spiro atoms. The highest BCUT2D eigenvalue weighted by Gasteiger charge is 2.47. The Balaban J connectivity index is 2.59. The number of aliphatic hydroxyl groups excluding tert-OH is 5. The molecule has 1 aliphatic rings. The molecule has 0 radical (unpaired) electrons. The van der Waals surface area contributed by atoms with Gasteiger partial charge in [0, 0.05) is 6.42 Å². The van der Waals surface area contributed by atoms with Crippen molar-refractivity contribution >= 4 is 11.9 Å². The van der Waals surface area contributed by atoms with Gasteiger partial charge in [0.25, 0.3) is 0 Å². The number of nitrogens with one attached hydrogen (secondary N) is 1. The number of carbonyl (C=O) groups is 2. The third-order valence-electron chi connectivity index (χ3n) is 15.1. The van der Waals surface area contributed by atoms with Gasteiger partial charge < -0.3 is 45.1 Å². The summed E-state index contributed by atoms with van der Waals surface area (Å²) in [5.41, 5.74) is 0. The van der Waals surface area contributed by atoms with Crippen LogP contribution in [-0.4, -0.2) is 99.6 Å². The largest absolute Gasteiger partial charge is 0.454 e. The van der Waals surface area contributed by atoms with E-state index in [1.54, 1.807) is 6.08 Å². The van der Waals surface area contributed by atoms with Crippen LogP contribution in [0, 0.1) is 0 Å². The second-order valence-electron chi connectivity index (χ2n) is 22.5. The van der Waals surface area contributed by atoms with E-state index in [9.17, 15) is 35.1 Å². The summed E-state index contributed by atoms with van der Waals surface area (Å²) in [6.07, 6.45) is 60.8. The Labute approximate surface area is 483 Å². The summed E-state index contributed by atoms with van der Waals surface area (Å²) in [4.78, 5) is 26.6. The molecule has 1 heterocycles. The number of hydrogen-bond donors (Lipinski definition) is 6. The molecular weight excluding hydrogens is 991 g/mol. The van der Waals surface area contributed by atoms with Gasteiger partial charge in [0.05, 0.1) is 25.4 Å². The maximum atomic E-state index is 13.4. The average molecular weight is 1110 g/mol. The highest BCUT2D eigenvalue weighted by atomic mass is 16.7. The smallest absolute Gasteiger partial charge is 0.306 e. The van der Waals surface area contributed by atoms with Crippen molar-refractivity contribution in [1.82, 2.24) is 5.32 Å². The number of ether oxygens (including phenoxy) is 3. The van der Waals surface area contributed by atoms with Crippen molar-refractivity contribution in [2.24, 2.45) is 0 Å². The summed E-state index contributed by atoms with van der Waals surface area (Å²) in [5.74, 6) is -1.20. The van der Waals surface area contributed by atoms with Crippen molar-refractivity contribution in [1.29, 1.82) is 0 Å². The molecule has 8 unspecified atom stereocenters.